The fourth-order valence-corrected chi connectivity index (χ4v) is 0.823. The van der Waals surface area contributed by atoms with Gasteiger partial charge in [0.2, 0.25) is 0 Å². The van der Waals surface area contributed by atoms with Gasteiger partial charge >= 0.3 is 0 Å². The van der Waals surface area contributed by atoms with Crippen LogP contribution in [0.2, 0.25) is 0 Å². The van der Waals surface area contributed by atoms with E-state index >= 15 is 0 Å². The number of hydrogen-bond acceptors (Lipinski definition) is 2. The molecule has 9 heavy (non-hydrogen) atoms. The Morgan fingerprint density at radius 2 is 1.89 bits per heavy atom. The van der Waals surface area contributed by atoms with Crippen LogP contribution >= 0.6 is 9.03 Å². The Labute approximate surface area is 55.4 Å². The molecule has 0 bridgehead atoms. The van der Waals surface area contributed by atoms with Crippen molar-refractivity contribution in [2.45, 2.75) is 0 Å². The van der Waals surface area contributed by atoms with Crippen LogP contribution < -0.4 is 9.42 Å². The maximum Gasteiger partial charge on any atom is 0.172 e. The van der Waals surface area contributed by atoms with Crippen LogP contribution in [0.5, 0.6) is 5.75 Å². The monoisotopic (exact) mass is 142 g/mol. The van der Waals surface area contributed by atoms with Gasteiger partial charge in [-0.1, -0.05) is 18.2 Å². The highest BCUT2D eigenvalue weighted by atomic mass is 31.1. The molecule has 1 unspecified atom stereocenters. The second-order valence-corrected chi connectivity index (χ2v) is 1.96. The fraction of sp³-hybridized carbons (Fsp3) is 0. The van der Waals surface area contributed by atoms with Gasteiger partial charge in [0.1, 0.15) is 9.03 Å². The average Bonchev–Trinajstić information content (AvgIpc) is 1.91. The van der Waals surface area contributed by atoms with Crippen LogP contribution in [-0.2, 0) is 0 Å². The summed E-state index contributed by atoms with van der Waals surface area (Å²) in [6, 6.07) is 9.09. The molecule has 0 aromatic heterocycles. The lowest BCUT2D eigenvalue weighted by atomic mass is 10.3. The normalized spacial score (nSPS) is 10.3. The third-order valence-corrected chi connectivity index (χ3v) is 1.30. The summed E-state index contributed by atoms with van der Waals surface area (Å²) in [5.74, 6) is 0.669. The molecule has 0 saturated heterocycles. The van der Waals surface area contributed by atoms with Crippen molar-refractivity contribution in [3.8, 4) is 5.75 Å². The van der Waals surface area contributed by atoms with Gasteiger partial charge in [-0.15, -0.1) is 0 Å². The largest absolute Gasteiger partial charge is 0.652 e. The molecule has 48 valence electrons. The van der Waals surface area contributed by atoms with Crippen LogP contribution in [-0.4, -0.2) is 0 Å². The van der Waals surface area contributed by atoms with Crippen molar-refractivity contribution >= 4 is 9.03 Å². The molecule has 1 aromatic rings. The van der Waals surface area contributed by atoms with Crippen molar-refractivity contribution in [2.75, 3.05) is 0 Å². The van der Waals surface area contributed by atoms with Crippen molar-refractivity contribution in [3.05, 3.63) is 30.3 Å². The molecule has 0 radical (unpaired) electrons. The summed E-state index contributed by atoms with van der Waals surface area (Å²) >= 11 is 0. The minimum atomic E-state index is -1.12. The molecule has 0 amide bonds. The van der Waals surface area contributed by atoms with Crippen molar-refractivity contribution in [2.24, 2.45) is 0 Å². The van der Waals surface area contributed by atoms with E-state index in [2.05, 4.69) is 0 Å². The molecule has 1 atom stereocenters. The zero-order valence-electron chi connectivity index (χ0n) is 4.78. The summed E-state index contributed by atoms with van der Waals surface area (Å²) in [5.41, 5.74) is 0. The maximum absolute atomic E-state index is 9.96. The maximum atomic E-state index is 9.96. The van der Waals surface area contributed by atoms with Crippen molar-refractivity contribution in [1.29, 1.82) is 0 Å². The van der Waals surface area contributed by atoms with E-state index in [1.54, 1.807) is 12.1 Å². The summed E-state index contributed by atoms with van der Waals surface area (Å²) in [6.07, 6.45) is 0. The highest BCUT2D eigenvalue weighted by Gasteiger charge is 1.86. The third kappa shape index (κ3) is 2.00. The Bertz CT molecular complexity index is 164. The van der Waals surface area contributed by atoms with E-state index in [0.717, 1.165) is 0 Å². The van der Waals surface area contributed by atoms with Crippen LogP contribution in [0, 0.1) is 0 Å². The molecular weight excluding hydrogens is 135 g/mol. The summed E-state index contributed by atoms with van der Waals surface area (Å²) in [6.45, 7) is 0. The molecule has 0 N–H and O–H groups in total. The van der Waals surface area contributed by atoms with Gasteiger partial charge < -0.3 is 9.42 Å². The Morgan fingerprint density at radius 3 is 2.44 bits per heavy atom. The topological polar surface area (TPSA) is 32.3 Å². The second-order valence-electron chi connectivity index (χ2n) is 1.53. The molecule has 0 saturated carbocycles. The van der Waals surface area contributed by atoms with Gasteiger partial charge in [-0.05, 0) is 12.1 Å². The van der Waals surface area contributed by atoms with Crippen LogP contribution in [0.15, 0.2) is 30.3 Å². The average molecular weight is 142 g/mol. The lowest BCUT2D eigenvalue weighted by Crippen LogP contribution is -1.87. The molecule has 1 aromatic carbocycles. The number of benzene rings is 1. The van der Waals surface area contributed by atoms with Crippen LogP contribution in [0.4, 0.5) is 0 Å². The van der Waals surface area contributed by atoms with Gasteiger partial charge in [-0.3, -0.25) is 0 Å². The predicted octanol–water partition coefficient (Wildman–Crippen LogP) is 0.666. The molecule has 1 rings (SSSR count). The van der Waals surface area contributed by atoms with Gasteiger partial charge in [-0.25, -0.2) is 0 Å². The van der Waals surface area contributed by atoms with Gasteiger partial charge in [0.25, 0.3) is 0 Å². The third-order valence-electron chi connectivity index (χ3n) is 0.927. The Kier molecular flexibility index (Phi) is 2.49. The van der Waals surface area contributed by atoms with Crippen molar-refractivity contribution in [1.82, 2.24) is 0 Å². The standard InChI is InChI=1S/C6H7O2P/c7-9-8-6-4-2-1-3-5-6/h1-5H,9H2. The van der Waals surface area contributed by atoms with Crippen LogP contribution in [0.3, 0.4) is 0 Å². The van der Waals surface area contributed by atoms with E-state index in [1.807, 2.05) is 18.2 Å². The minimum Gasteiger partial charge on any atom is -0.652 e. The first-order chi connectivity index (χ1) is 4.43. The van der Waals surface area contributed by atoms with E-state index in [4.69, 9.17) is 4.52 Å². The number of hydrogen-bond donors (Lipinski definition) is 0. The zero-order chi connectivity index (χ0) is 6.53. The summed E-state index contributed by atoms with van der Waals surface area (Å²) in [7, 11) is -1.12. The van der Waals surface area contributed by atoms with Gasteiger partial charge in [0.15, 0.2) is 5.75 Å². The predicted molar refractivity (Wildman–Crippen MR) is 36.8 cm³/mol. The Morgan fingerprint density at radius 1 is 1.22 bits per heavy atom. The van der Waals surface area contributed by atoms with E-state index < -0.39 is 9.03 Å². The lowest BCUT2D eigenvalue weighted by molar-refractivity contribution is -0.162. The van der Waals surface area contributed by atoms with Gasteiger partial charge in [0, 0.05) is 0 Å². The van der Waals surface area contributed by atoms with Crippen molar-refractivity contribution < 1.29 is 9.42 Å². The molecule has 3 heteroatoms. The zero-order valence-corrected chi connectivity index (χ0v) is 5.94. The number of rotatable bonds is 2. The minimum absolute atomic E-state index is 0.669. The van der Waals surface area contributed by atoms with E-state index in [9.17, 15) is 4.89 Å². The molecular formula is C6H7O2P. The molecule has 0 spiro atoms. The van der Waals surface area contributed by atoms with Crippen LogP contribution in [0.25, 0.3) is 0 Å². The van der Waals surface area contributed by atoms with E-state index in [-0.39, 0.29) is 0 Å². The number of para-hydroxylation sites is 1. The summed E-state index contributed by atoms with van der Waals surface area (Å²) in [4.78, 5) is 9.96. The Balaban J connectivity index is 2.61. The fourth-order valence-electron chi connectivity index (χ4n) is 0.555. The SMILES string of the molecule is [O-][PH2+]Oc1ccccc1. The molecule has 0 aliphatic carbocycles. The first kappa shape index (κ1) is 6.53. The lowest BCUT2D eigenvalue weighted by Gasteiger charge is -1.96. The molecule has 0 aliphatic rings. The Hall–Kier alpha value is -0.590. The first-order valence-electron chi connectivity index (χ1n) is 2.59. The molecule has 2 nitrogen and oxygen atoms in total. The first-order valence-corrected chi connectivity index (χ1v) is 3.53. The van der Waals surface area contributed by atoms with E-state index in [0.29, 0.717) is 5.75 Å². The van der Waals surface area contributed by atoms with E-state index in [1.165, 1.54) is 0 Å². The summed E-state index contributed by atoms with van der Waals surface area (Å²) in [5, 5.41) is 0. The van der Waals surface area contributed by atoms with Crippen LogP contribution in [0.1, 0.15) is 0 Å². The quantitative estimate of drug-likeness (QED) is 0.568. The van der Waals surface area contributed by atoms with Crippen molar-refractivity contribution in [3.63, 3.8) is 0 Å². The highest BCUT2D eigenvalue weighted by molar-refractivity contribution is 7.23. The highest BCUT2D eigenvalue weighted by Crippen LogP contribution is 2.13. The molecule has 0 fully saturated rings. The van der Waals surface area contributed by atoms with Gasteiger partial charge in [-0.2, -0.15) is 0 Å². The second kappa shape index (κ2) is 3.44. The summed E-state index contributed by atoms with van der Waals surface area (Å²) < 4.78 is 4.73. The van der Waals surface area contributed by atoms with Gasteiger partial charge in [0.05, 0.1) is 0 Å². The smallest absolute Gasteiger partial charge is 0.172 e. The molecule has 0 heterocycles. The molecule has 0 aliphatic heterocycles.